The molecule has 5 heterocycles. The first kappa shape index (κ1) is 30.3. The molecule has 0 spiro atoms. The Kier molecular flexibility index (Phi) is 6.30. The average Bonchev–Trinajstić information content (AvgIpc) is 3.94. The second kappa shape index (κ2) is 9.98. The van der Waals surface area contributed by atoms with Crippen molar-refractivity contribution in [2.45, 2.75) is 61.5 Å². The van der Waals surface area contributed by atoms with Crippen LogP contribution in [-0.2, 0) is 15.8 Å². The number of rotatable bonds is 9. The summed E-state index contributed by atoms with van der Waals surface area (Å²) in [5.41, 5.74) is 1.75. The molecule has 12 nitrogen and oxygen atoms in total. The van der Waals surface area contributed by atoms with E-state index in [0.717, 1.165) is 18.5 Å². The summed E-state index contributed by atoms with van der Waals surface area (Å²) < 4.78 is 66.0. The lowest BCUT2D eigenvalue weighted by molar-refractivity contribution is -0.286. The summed E-state index contributed by atoms with van der Waals surface area (Å²) in [7, 11) is 1.46. The third kappa shape index (κ3) is 4.62. The summed E-state index contributed by atoms with van der Waals surface area (Å²) in [5.74, 6) is -1.07. The van der Waals surface area contributed by atoms with E-state index in [-0.39, 0.29) is 64.8 Å². The molecule has 2 atom stereocenters. The van der Waals surface area contributed by atoms with Crippen molar-refractivity contribution in [3.8, 4) is 34.4 Å². The number of halogens is 3. The Morgan fingerprint density at radius 2 is 1.88 bits per heavy atom. The lowest BCUT2D eigenvalue weighted by Gasteiger charge is -2.33. The topological polar surface area (TPSA) is 160 Å². The van der Waals surface area contributed by atoms with Gasteiger partial charge in [-0.3, -0.25) is 9.59 Å². The number of aromatic nitrogens is 3. The zero-order chi connectivity index (χ0) is 33.8. The number of methoxy groups -OCH3 is 1. The Hall–Kier alpha value is -5.05. The smallest absolute Gasteiger partial charge is 0.489 e. The van der Waals surface area contributed by atoms with E-state index in [1.165, 1.54) is 44.4 Å². The van der Waals surface area contributed by atoms with Crippen LogP contribution in [-0.4, -0.2) is 63.7 Å². The van der Waals surface area contributed by atoms with Gasteiger partial charge in [0.2, 0.25) is 11.8 Å². The molecule has 8 rings (SSSR count). The Labute approximate surface area is 270 Å². The minimum Gasteiger partial charge on any atom is -0.489 e. The molecule has 250 valence electrons. The van der Waals surface area contributed by atoms with Gasteiger partial charge in [-0.25, -0.2) is 13.9 Å². The Bertz CT molecular complexity index is 2050. The number of primary amides is 1. The van der Waals surface area contributed by atoms with E-state index in [1.807, 2.05) is 6.07 Å². The van der Waals surface area contributed by atoms with Crippen LogP contribution in [0.2, 0.25) is 0 Å². The highest BCUT2D eigenvalue weighted by Crippen LogP contribution is 2.55. The van der Waals surface area contributed by atoms with Gasteiger partial charge >= 0.3 is 6.29 Å². The number of nitrogens with zero attached hydrogens (tertiary/aromatic N) is 3. The van der Waals surface area contributed by atoms with E-state index in [9.17, 15) is 23.5 Å². The van der Waals surface area contributed by atoms with E-state index in [4.69, 9.17) is 15.2 Å². The van der Waals surface area contributed by atoms with Gasteiger partial charge in [-0.15, -0.1) is 8.78 Å². The SMILES string of the molecule is COc1cc(C(=O)NC[C@](O)(c2cc3c(c(-c4ccc5c(c4)OC(F)(F)O5)n2)OC[C@]3(C)C(N)=O)C2(F)CC2)cc2cc(C3CC3)nn12. The number of carbonyl (C=O) groups excluding carboxylic acids is 2. The highest BCUT2D eigenvalue weighted by molar-refractivity contribution is 5.96. The van der Waals surface area contributed by atoms with Gasteiger partial charge < -0.3 is 35.1 Å². The van der Waals surface area contributed by atoms with Crippen LogP contribution >= 0.6 is 0 Å². The van der Waals surface area contributed by atoms with Crippen LogP contribution < -0.4 is 30.0 Å². The van der Waals surface area contributed by atoms with Crippen LogP contribution in [0.5, 0.6) is 23.1 Å². The van der Waals surface area contributed by atoms with Crippen molar-refractivity contribution in [2.75, 3.05) is 20.3 Å². The van der Waals surface area contributed by atoms with E-state index in [2.05, 4.69) is 24.9 Å². The predicted octanol–water partition coefficient (Wildman–Crippen LogP) is 3.86. The molecule has 0 unspecified atom stereocenters. The van der Waals surface area contributed by atoms with Crippen LogP contribution in [0, 0.1) is 0 Å². The highest BCUT2D eigenvalue weighted by atomic mass is 19.3. The minimum absolute atomic E-state index is 0.0190. The summed E-state index contributed by atoms with van der Waals surface area (Å²) in [6.45, 7) is 0.748. The van der Waals surface area contributed by atoms with Crippen LogP contribution in [0.3, 0.4) is 0 Å². The summed E-state index contributed by atoms with van der Waals surface area (Å²) in [6.07, 6.45) is -1.87. The number of hydrogen-bond acceptors (Lipinski definition) is 9. The summed E-state index contributed by atoms with van der Waals surface area (Å²) in [6, 6.07) is 10.3. The van der Waals surface area contributed by atoms with Crippen molar-refractivity contribution in [1.29, 1.82) is 0 Å². The van der Waals surface area contributed by atoms with Crippen LogP contribution in [0.4, 0.5) is 13.2 Å². The van der Waals surface area contributed by atoms with E-state index >= 15 is 4.39 Å². The number of aliphatic hydroxyl groups is 1. The number of benzene rings is 1. The fraction of sp³-hybridized carbons (Fsp3) is 0.394. The number of amides is 2. The molecular formula is C33H30F3N5O7. The lowest BCUT2D eigenvalue weighted by Crippen LogP contribution is -2.49. The minimum atomic E-state index is -3.88. The van der Waals surface area contributed by atoms with Gasteiger partial charge in [0.15, 0.2) is 17.1 Å². The van der Waals surface area contributed by atoms with Gasteiger partial charge in [-0.05, 0) is 69.0 Å². The Balaban J connectivity index is 1.18. The van der Waals surface area contributed by atoms with Gasteiger partial charge in [0, 0.05) is 28.7 Å². The first-order chi connectivity index (χ1) is 22.7. The number of alkyl halides is 3. The van der Waals surface area contributed by atoms with Crippen LogP contribution in [0.15, 0.2) is 42.5 Å². The van der Waals surface area contributed by atoms with Crippen molar-refractivity contribution in [1.82, 2.24) is 19.9 Å². The first-order valence-corrected chi connectivity index (χ1v) is 15.4. The van der Waals surface area contributed by atoms with Crippen molar-refractivity contribution >= 4 is 17.3 Å². The molecule has 4 aliphatic rings. The number of pyridine rings is 2. The molecule has 3 aromatic heterocycles. The number of carbonyl (C=O) groups is 2. The van der Waals surface area contributed by atoms with E-state index in [0.29, 0.717) is 17.3 Å². The molecule has 2 fully saturated rings. The van der Waals surface area contributed by atoms with Crippen molar-refractivity contribution < 1.29 is 46.8 Å². The van der Waals surface area contributed by atoms with E-state index in [1.54, 1.807) is 10.6 Å². The molecule has 2 saturated carbocycles. The van der Waals surface area contributed by atoms with Crippen LogP contribution in [0.25, 0.3) is 16.8 Å². The summed E-state index contributed by atoms with van der Waals surface area (Å²) >= 11 is 0. The number of nitrogens with two attached hydrogens (primary N) is 1. The summed E-state index contributed by atoms with van der Waals surface area (Å²) in [5, 5.41) is 19.4. The molecule has 4 N–H and O–H groups in total. The number of nitrogens with one attached hydrogen (secondary N) is 1. The molecule has 48 heavy (non-hydrogen) atoms. The summed E-state index contributed by atoms with van der Waals surface area (Å²) in [4.78, 5) is 30.8. The fourth-order valence-electron chi connectivity index (χ4n) is 6.35. The molecular weight excluding hydrogens is 635 g/mol. The molecule has 2 amide bonds. The number of ether oxygens (including phenoxy) is 4. The standard InChI is InChI=1S/C33H30F3N5O7/c1-30(29(37)43)15-46-27-20(30)13-24(39-26(27)17-5-6-22-23(10-17)48-33(35,36)47-22)32(44,31(34)7-8-31)14-38-28(42)18-9-19-12-21(16-3-4-16)40-41(19)25(11-18)45-2/h5-6,9-13,16,44H,3-4,7-8,14-15H2,1-2H3,(H2,37,43)(H,38,42)/t30-,32-/m0/s1. The Morgan fingerprint density at radius 1 is 1.12 bits per heavy atom. The highest BCUT2D eigenvalue weighted by Gasteiger charge is 2.62. The number of hydrogen-bond donors (Lipinski definition) is 3. The second-order valence-electron chi connectivity index (χ2n) is 13.0. The molecule has 1 aromatic carbocycles. The lowest BCUT2D eigenvalue weighted by atomic mass is 9.80. The van der Waals surface area contributed by atoms with Gasteiger partial charge in [-0.1, -0.05) is 0 Å². The largest absolute Gasteiger partial charge is 0.586 e. The fourth-order valence-corrected chi connectivity index (χ4v) is 6.35. The third-order valence-corrected chi connectivity index (χ3v) is 9.66. The second-order valence-corrected chi connectivity index (χ2v) is 13.0. The Morgan fingerprint density at radius 3 is 2.56 bits per heavy atom. The van der Waals surface area contributed by atoms with Crippen molar-refractivity contribution in [2.24, 2.45) is 5.73 Å². The van der Waals surface area contributed by atoms with Gasteiger partial charge in [0.05, 0.1) is 30.6 Å². The van der Waals surface area contributed by atoms with Gasteiger partial charge in [0.25, 0.3) is 5.91 Å². The molecule has 2 aliphatic carbocycles. The van der Waals surface area contributed by atoms with Crippen molar-refractivity contribution in [3.05, 3.63) is 65.0 Å². The molecule has 0 saturated heterocycles. The quantitative estimate of drug-likeness (QED) is 0.241. The maximum atomic E-state index is 16.3. The zero-order valence-corrected chi connectivity index (χ0v) is 25.8. The maximum Gasteiger partial charge on any atom is 0.586 e. The monoisotopic (exact) mass is 665 g/mol. The number of fused-ring (bicyclic) bond motifs is 3. The molecule has 15 heteroatoms. The molecule has 2 aliphatic heterocycles. The van der Waals surface area contributed by atoms with Crippen molar-refractivity contribution in [3.63, 3.8) is 0 Å². The van der Waals surface area contributed by atoms with E-state index < -0.39 is 41.3 Å². The normalized spacial score (nSPS) is 22.5. The first-order valence-electron chi connectivity index (χ1n) is 15.4. The molecule has 0 bridgehead atoms. The molecule has 0 radical (unpaired) electrons. The predicted molar refractivity (Wildman–Crippen MR) is 161 cm³/mol. The molecule has 4 aromatic rings. The van der Waals surface area contributed by atoms with Gasteiger partial charge in [-0.2, -0.15) is 5.10 Å². The third-order valence-electron chi connectivity index (χ3n) is 9.66. The zero-order valence-electron chi connectivity index (χ0n) is 25.8. The maximum absolute atomic E-state index is 16.3. The van der Waals surface area contributed by atoms with Crippen LogP contribution in [0.1, 0.15) is 65.8 Å². The van der Waals surface area contributed by atoms with Gasteiger partial charge in [0.1, 0.15) is 29.1 Å². The average molecular weight is 666 g/mol.